The van der Waals surface area contributed by atoms with Gasteiger partial charge in [0.1, 0.15) is 24.4 Å². The zero-order valence-electron chi connectivity index (χ0n) is 21.7. The first-order valence-electron chi connectivity index (χ1n) is 13.4. The lowest BCUT2D eigenvalue weighted by atomic mass is 9.94. The molecule has 7 rings (SSSR count). The van der Waals surface area contributed by atoms with E-state index in [1.807, 2.05) is 45.2 Å². The first-order chi connectivity index (χ1) is 17.6. The summed E-state index contributed by atoms with van der Waals surface area (Å²) in [6.45, 7) is 7.94. The molecular weight excluding hydrogens is 502 g/mol. The van der Waals surface area contributed by atoms with Crippen LogP contribution < -0.4 is 0 Å². The normalized spacial score (nSPS) is 44.2. The minimum absolute atomic E-state index is 0.291. The molecule has 6 fully saturated rings. The number of esters is 1. The van der Waals surface area contributed by atoms with Crippen molar-refractivity contribution in [3.63, 3.8) is 0 Å². The van der Waals surface area contributed by atoms with Gasteiger partial charge in [0.15, 0.2) is 17.8 Å². The summed E-state index contributed by atoms with van der Waals surface area (Å²) in [5.74, 6) is -4.42. The molecule has 7 atom stereocenters. The second-order valence-corrected chi connectivity index (χ2v) is 12.8. The molecule has 10 nitrogen and oxygen atoms in total. The maximum Gasteiger partial charge on any atom is 0.371 e. The first-order valence-corrected chi connectivity index (χ1v) is 14.2. The van der Waals surface area contributed by atoms with Crippen LogP contribution in [0.3, 0.4) is 0 Å². The Morgan fingerprint density at radius 2 is 1.76 bits per heavy atom. The highest BCUT2D eigenvalue weighted by atomic mass is 32.1. The summed E-state index contributed by atoms with van der Waals surface area (Å²) in [5, 5.41) is 3.76. The third-order valence-electron chi connectivity index (χ3n) is 8.16. The maximum absolute atomic E-state index is 13.4. The highest BCUT2D eigenvalue weighted by Crippen LogP contribution is 2.54. The van der Waals surface area contributed by atoms with Crippen LogP contribution in [0, 0.1) is 0 Å². The summed E-state index contributed by atoms with van der Waals surface area (Å²) in [6.07, 6.45) is 2.39. The fraction of sp³-hybridized carbons (Fsp3) is 0.808. The number of carbonyl (C=O) groups is 1. The molecule has 0 amide bonds. The Morgan fingerprint density at radius 3 is 2.46 bits per heavy atom. The molecule has 37 heavy (non-hydrogen) atoms. The van der Waals surface area contributed by atoms with Crippen molar-refractivity contribution in [1.82, 2.24) is 5.06 Å². The molecule has 0 N–H and O–H groups in total. The quantitative estimate of drug-likeness (QED) is 0.531. The Kier molecular flexibility index (Phi) is 5.66. The van der Waals surface area contributed by atoms with Gasteiger partial charge in [-0.25, -0.2) is 9.63 Å². The minimum Gasteiger partial charge on any atom is -0.429 e. The van der Waals surface area contributed by atoms with E-state index in [-0.39, 0.29) is 12.1 Å². The van der Waals surface area contributed by atoms with E-state index >= 15 is 0 Å². The molecule has 5 aliphatic heterocycles. The van der Waals surface area contributed by atoms with Gasteiger partial charge in [0, 0.05) is 24.1 Å². The van der Waals surface area contributed by atoms with Crippen LogP contribution in [-0.2, 0) is 42.8 Å². The molecule has 1 saturated carbocycles. The van der Waals surface area contributed by atoms with Crippen molar-refractivity contribution in [2.45, 2.75) is 126 Å². The van der Waals surface area contributed by atoms with E-state index in [1.54, 1.807) is 16.4 Å². The SMILES string of the molecule is CC1(C)OCC([C@@H]2O[C@@H](N3O[C@@]4(C[C@@H]3c3cccs3)OC3(CCCCC3)OC4=O)[C@@H]3OC(C)(C)O[C@@H]32)O1. The Balaban J connectivity index is 1.21. The molecular formula is C26H35NO9S. The number of ether oxygens (including phenoxy) is 7. The number of thiophene rings is 1. The molecule has 2 spiro atoms. The van der Waals surface area contributed by atoms with E-state index in [0.717, 1.165) is 24.1 Å². The second kappa shape index (κ2) is 8.42. The average molecular weight is 538 g/mol. The summed E-state index contributed by atoms with van der Waals surface area (Å²) in [5.41, 5.74) is 0. The minimum atomic E-state index is -1.52. The van der Waals surface area contributed by atoms with Crippen LogP contribution in [0.5, 0.6) is 0 Å². The van der Waals surface area contributed by atoms with Crippen LogP contribution in [0.4, 0.5) is 0 Å². The van der Waals surface area contributed by atoms with Gasteiger partial charge in [0.25, 0.3) is 5.79 Å². The number of fused-ring (bicyclic) bond motifs is 1. The van der Waals surface area contributed by atoms with E-state index in [0.29, 0.717) is 25.9 Å². The zero-order valence-corrected chi connectivity index (χ0v) is 22.5. The zero-order chi connectivity index (χ0) is 25.6. The first kappa shape index (κ1) is 24.9. The fourth-order valence-electron chi connectivity index (χ4n) is 6.63. The molecule has 0 aromatic carbocycles. The highest BCUT2D eigenvalue weighted by molar-refractivity contribution is 7.10. The van der Waals surface area contributed by atoms with Gasteiger partial charge in [0.05, 0.1) is 12.6 Å². The molecule has 1 aromatic heterocycles. The van der Waals surface area contributed by atoms with Gasteiger partial charge >= 0.3 is 5.97 Å². The smallest absolute Gasteiger partial charge is 0.371 e. The number of hydrogen-bond acceptors (Lipinski definition) is 11. The fourth-order valence-corrected chi connectivity index (χ4v) is 7.44. The molecule has 204 valence electrons. The van der Waals surface area contributed by atoms with Crippen molar-refractivity contribution < 1.29 is 42.8 Å². The molecule has 11 heteroatoms. The summed E-state index contributed by atoms with van der Waals surface area (Å²) in [6, 6.07) is 3.74. The molecule has 5 saturated heterocycles. The molecule has 6 aliphatic rings. The lowest BCUT2D eigenvalue weighted by Gasteiger charge is -2.33. The molecule has 1 aliphatic carbocycles. The molecule has 0 radical (unpaired) electrons. The van der Waals surface area contributed by atoms with Gasteiger partial charge in [-0.1, -0.05) is 12.5 Å². The van der Waals surface area contributed by atoms with Gasteiger partial charge in [-0.2, -0.15) is 0 Å². The number of carbonyl (C=O) groups excluding carboxylic acids is 1. The second-order valence-electron chi connectivity index (χ2n) is 11.8. The van der Waals surface area contributed by atoms with E-state index < -0.39 is 53.7 Å². The largest absolute Gasteiger partial charge is 0.429 e. The number of hydroxylamine groups is 2. The van der Waals surface area contributed by atoms with Crippen LogP contribution in [0.25, 0.3) is 0 Å². The molecule has 0 bridgehead atoms. The Hall–Kier alpha value is -1.15. The van der Waals surface area contributed by atoms with Crippen LogP contribution in [0.15, 0.2) is 17.5 Å². The van der Waals surface area contributed by atoms with Crippen molar-refractivity contribution in [3.05, 3.63) is 22.4 Å². The Bertz CT molecular complexity index is 1040. The van der Waals surface area contributed by atoms with Gasteiger partial charge in [0.2, 0.25) is 5.79 Å². The van der Waals surface area contributed by atoms with E-state index in [2.05, 4.69) is 0 Å². The summed E-state index contributed by atoms with van der Waals surface area (Å²) in [4.78, 5) is 20.9. The molecule has 1 unspecified atom stereocenters. The van der Waals surface area contributed by atoms with Crippen LogP contribution in [0.2, 0.25) is 0 Å². The summed E-state index contributed by atoms with van der Waals surface area (Å²) < 4.78 is 43.7. The van der Waals surface area contributed by atoms with Crippen LogP contribution in [-0.4, -0.2) is 71.4 Å². The van der Waals surface area contributed by atoms with Gasteiger partial charge in [-0.3, -0.25) is 4.74 Å². The maximum atomic E-state index is 13.4. The summed E-state index contributed by atoms with van der Waals surface area (Å²) in [7, 11) is 0. The lowest BCUT2D eigenvalue weighted by Crippen LogP contribution is -2.46. The molecule has 1 aromatic rings. The van der Waals surface area contributed by atoms with Crippen molar-refractivity contribution in [2.24, 2.45) is 0 Å². The predicted octanol–water partition coefficient (Wildman–Crippen LogP) is 3.75. The lowest BCUT2D eigenvalue weighted by molar-refractivity contribution is -0.355. The third-order valence-corrected chi connectivity index (χ3v) is 9.14. The predicted molar refractivity (Wildman–Crippen MR) is 128 cm³/mol. The van der Waals surface area contributed by atoms with Crippen molar-refractivity contribution in [3.8, 4) is 0 Å². The van der Waals surface area contributed by atoms with E-state index in [1.165, 1.54) is 0 Å². The number of rotatable bonds is 3. The third kappa shape index (κ3) is 4.09. The van der Waals surface area contributed by atoms with Crippen LogP contribution in [0.1, 0.15) is 77.1 Å². The van der Waals surface area contributed by atoms with Gasteiger partial charge in [-0.05, 0) is 52.0 Å². The van der Waals surface area contributed by atoms with Gasteiger partial charge < -0.3 is 28.4 Å². The Labute approximate surface area is 220 Å². The van der Waals surface area contributed by atoms with Crippen molar-refractivity contribution in [2.75, 3.05) is 6.61 Å². The number of hydrogen-bond donors (Lipinski definition) is 0. The molecule has 6 heterocycles. The van der Waals surface area contributed by atoms with Gasteiger partial charge in [-0.15, -0.1) is 16.4 Å². The monoisotopic (exact) mass is 537 g/mol. The van der Waals surface area contributed by atoms with Crippen molar-refractivity contribution >= 4 is 17.3 Å². The Morgan fingerprint density at radius 1 is 0.973 bits per heavy atom. The average Bonchev–Trinajstić information content (AvgIpc) is 3.64. The highest BCUT2D eigenvalue weighted by Gasteiger charge is 2.69. The standard InChI is InChI=1S/C26H35NO9S/c1-23(2)29-14-16(31-23)18-19-20(33-24(3,4)32-19)21(30-18)27-15(17-9-8-12-37-17)13-26(36-27)22(28)34-25(35-26)10-6-5-7-11-25/h8-9,12,15-16,18-21H,5-7,10-11,13-14H2,1-4H3/t15-,16?,18+,19-,20-,21-,26-/m1/s1. The topological polar surface area (TPSA) is 94.2 Å². The number of nitrogens with zero attached hydrogens (tertiary/aromatic N) is 1. The van der Waals surface area contributed by atoms with Crippen LogP contribution >= 0.6 is 11.3 Å². The van der Waals surface area contributed by atoms with E-state index in [9.17, 15) is 4.79 Å². The van der Waals surface area contributed by atoms with E-state index in [4.69, 9.17) is 38.0 Å². The summed E-state index contributed by atoms with van der Waals surface area (Å²) >= 11 is 1.60. The van der Waals surface area contributed by atoms with Crippen molar-refractivity contribution in [1.29, 1.82) is 0 Å².